The molecule has 0 radical (unpaired) electrons. The summed E-state index contributed by atoms with van der Waals surface area (Å²) in [5.74, 6) is 9.58. The van der Waals surface area contributed by atoms with Crippen LogP contribution in [0.3, 0.4) is 0 Å². The zero-order valence-corrected chi connectivity index (χ0v) is 39.9. The number of hydrogen-bond donors (Lipinski definition) is 0. The molecule has 0 unspecified atom stereocenters. The Labute approximate surface area is 322 Å². The van der Waals surface area contributed by atoms with Gasteiger partial charge in [-0.15, -0.1) is 0 Å². The van der Waals surface area contributed by atoms with Gasteiger partial charge in [0.15, 0.2) is 0 Å². The van der Waals surface area contributed by atoms with E-state index in [0.717, 1.165) is 0 Å². The fraction of sp³-hybridized carbons (Fsp3) is 0.111. The van der Waals surface area contributed by atoms with Crippen molar-refractivity contribution in [1.29, 1.82) is 0 Å². The Balaban J connectivity index is 0.000000131. The molecule has 0 spiro atoms. The SMILES string of the molecule is [CH3][Ge]1([CH3])[c]2cc[se]c2-c2[se]c(C=C3C(=O)c4cscc4C3=O)c[c]21.[CH3][Ge]1([CH3])[c]2cc[te]c2-c2[te]c(C=C3C(=O)c4cscc4C3=O)c[c]21. The van der Waals surface area contributed by atoms with Gasteiger partial charge in [0.25, 0.3) is 0 Å². The number of carbonyl (C=O) groups excluding carboxylic acids is 4. The van der Waals surface area contributed by atoms with Crippen LogP contribution in [0.15, 0.2) is 66.0 Å². The summed E-state index contributed by atoms with van der Waals surface area (Å²) >= 11 is -1.19. The third-order valence-corrected chi connectivity index (χ3v) is 42.0. The predicted octanol–water partition coefficient (Wildman–Crippen LogP) is 4.26. The Bertz CT molecular complexity index is 2270. The zero-order chi connectivity index (χ0) is 33.3. The summed E-state index contributed by atoms with van der Waals surface area (Å²) < 4.78 is 18.1. The quantitative estimate of drug-likeness (QED) is 0.148. The minimum absolute atomic E-state index is 0.0753. The Morgan fingerprint density at radius 1 is 0.646 bits per heavy atom. The van der Waals surface area contributed by atoms with E-state index in [-0.39, 0.29) is 58.1 Å². The van der Waals surface area contributed by atoms with Crippen molar-refractivity contribution in [3.8, 4) is 16.0 Å². The number of thiophene rings is 2. The molecule has 236 valence electrons. The molecule has 0 N–H and O–H groups in total. The zero-order valence-electron chi connectivity index (χ0n) is 26.0. The predicted molar refractivity (Wildman–Crippen MR) is 207 cm³/mol. The average molecular weight is 1140 g/mol. The van der Waals surface area contributed by atoms with Crippen LogP contribution in [-0.2, 0) is 0 Å². The van der Waals surface area contributed by atoms with E-state index in [4.69, 9.17) is 0 Å². The van der Waals surface area contributed by atoms with Crippen LogP contribution in [-0.4, -0.2) is 120 Å². The van der Waals surface area contributed by atoms with Gasteiger partial charge < -0.3 is 0 Å². The third kappa shape index (κ3) is 4.83. The van der Waals surface area contributed by atoms with Crippen LogP contribution >= 0.6 is 22.7 Å². The van der Waals surface area contributed by atoms with Crippen LogP contribution < -0.4 is 17.6 Å². The number of rotatable bonds is 2. The van der Waals surface area contributed by atoms with Crippen molar-refractivity contribution in [3.05, 3.63) is 96.2 Å². The molecule has 0 aromatic carbocycles. The Hall–Kier alpha value is -0.816. The van der Waals surface area contributed by atoms with Gasteiger partial charge in [0.2, 0.25) is 0 Å². The van der Waals surface area contributed by atoms with E-state index in [1.807, 2.05) is 12.2 Å². The first-order chi connectivity index (χ1) is 23.0. The molecule has 0 bridgehead atoms. The number of ketones is 4. The normalized spacial score (nSPS) is 17.2. The van der Waals surface area contributed by atoms with E-state index < -0.39 is 47.0 Å². The van der Waals surface area contributed by atoms with Crippen molar-refractivity contribution in [2.75, 3.05) is 0 Å². The molecule has 10 rings (SSSR count). The van der Waals surface area contributed by atoms with E-state index in [1.165, 1.54) is 30.7 Å². The van der Waals surface area contributed by atoms with E-state index in [9.17, 15) is 19.2 Å². The van der Waals surface area contributed by atoms with Gasteiger partial charge in [0, 0.05) is 0 Å². The molecular formula is C36H24Ge2O4S2Se2Te2. The number of allylic oxidation sites excluding steroid dienone is 2. The molecule has 2 aliphatic heterocycles. The molecule has 2 aliphatic carbocycles. The average Bonchev–Trinajstić information content (AvgIpc) is 3.89. The molecule has 6 aromatic rings. The number of hydrogen-bond acceptors (Lipinski definition) is 6. The maximum atomic E-state index is 12.5. The van der Waals surface area contributed by atoms with E-state index in [1.54, 1.807) is 55.1 Å². The van der Waals surface area contributed by atoms with Crippen molar-refractivity contribution in [2.24, 2.45) is 0 Å². The monoisotopic (exact) mass is 1150 g/mol. The van der Waals surface area contributed by atoms with Crippen LogP contribution in [0.1, 0.15) is 49.4 Å². The summed E-state index contributed by atoms with van der Waals surface area (Å²) in [4.78, 5) is 52.3. The first-order valence-electron chi connectivity index (χ1n) is 15.2. The third-order valence-electron chi connectivity index (χ3n) is 9.79. The van der Waals surface area contributed by atoms with Gasteiger partial charge in [-0.1, -0.05) is 0 Å². The van der Waals surface area contributed by atoms with E-state index >= 15 is 0 Å². The van der Waals surface area contributed by atoms with Crippen LogP contribution in [0, 0.1) is 0 Å². The van der Waals surface area contributed by atoms with Crippen LogP contribution in [0.25, 0.3) is 28.2 Å². The van der Waals surface area contributed by atoms with E-state index in [2.05, 4.69) is 56.3 Å². The molecule has 8 heterocycles. The Kier molecular flexibility index (Phi) is 8.16. The topological polar surface area (TPSA) is 68.3 Å². The molecule has 0 atom stereocenters. The maximum absolute atomic E-state index is 12.5. The molecule has 0 saturated heterocycles. The molecule has 4 nitrogen and oxygen atoms in total. The summed E-state index contributed by atoms with van der Waals surface area (Å²) in [6.07, 6.45) is 3.82. The standard InChI is InChI=1S/C18H12GeO2SSe2.C18H12GeO2STe2/c2*1-19(2)13-3-4-23-17(13)18-14(19)6-9(24-18)5-10-15(20)11-7-22-8-12(11)16(10)21/h2*3-8H,1-2H3. The van der Waals surface area contributed by atoms with Gasteiger partial charge in [-0.25, -0.2) is 0 Å². The van der Waals surface area contributed by atoms with E-state index in [0.29, 0.717) is 47.9 Å². The molecule has 12 heteroatoms. The van der Waals surface area contributed by atoms with Crippen molar-refractivity contribution in [1.82, 2.24) is 0 Å². The number of carbonyl (C=O) groups is 4. The molecule has 4 aliphatic rings. The van der Waals surface area contributed by atoms with Crippen molar-refractivity contribution in [3.63, 3.8) is 0 Å². The van der Waals surface area contributed by atoms with Crippen LogP contribution in [0.2, 0.25) is 23.0 Å². The van der Waals surface area contributed by atoms with Gasteiger partial charge >= 0.3 is 326 Å². The van der Waals surface area contributed by atoms with Gasteiger partial charge in [0.1, 0.15) is 0 Å². The molecule has 48 heavy (non-hydrogen) atoms. The van der Waals surface area contributed by atoms with Gasteiger partial charge in [0.05, 0.1) is 0 Å². The summed E-state index contributed by atoms with van der Waals surface area (Å²) in [6.45, 7) is 0. The fourth-order valence-corrected chi connectivity index (χ4v) is 51.6. The first-order valence-corrected chi connectivity index (χ1v) is 38.0. The number of fused-ring (bicyclic) bond motifs is 8. The molecular weight excluding hydrogens is 1120 g/mol. The second-order valence-corrected chi connectivity index (χ2v) is 42.7. The van der Waals surface area contributed by atoms with Gasteiger partial charge in [-0.05, 0) is 0 Å². The van der Waals surface area contributed by atoms with Gasteiger partial charge in [-0.2, -0.15) is 0 Å². The summed E-state index contributed by atoms with van der Waals surface area (Å²) in [6, 6.07) is 9.46. The summed E-state index contributed by atoms with van der Waals surface area (Å²) in [5.41, 5.74) is 3.16. The van der Waals surface area contributed by atoms with Crippen molar-refractivity contribution in [2.45, 2.75) is 23.0 Å². The van der Waals surface area contributed by atoms with Gasteiger partial charge in [-0.3, -0.25) is 0 Å². The second kappa shape index (κ2) is 11.9. The molecule has 6 aromatic heterocycles. The van der Waals surface area contributed by atoms with Crippen LogP contribution in [0.5, 0.6) is 0 Å². The Morgan fingerprint density at radius 2 is 1.23 bits per heavy atom. The molecule has 0 fully saturated rings. The minimum atomic E-state index is -2.12. The fourth-order valence-electron chi connectivity index (χ4n) is 7.10. The molecule has 0 saturated carbocycles. The summed E-state index contributed by atoms with van der Waals surface area (Å²) in [7, 11) is 0. The van der Waals surface area contributed by atoms with Crippen molar-refractivity contribution < 1.29 is 19.2 Å². The first kappa shape index (κ1) is 33.0. The number of Topliss-reactive ketones (excluding diaryl/α,β-unsaturated/α-hetero) is 4. The summed E-state index contributed by atoms with van der Waals surface area (Å²) in [5, 5.41) is 7.20. The second-order valence-electron chi connectivity index (χ2n) is 13.2. The Morgan fingerprint density at radius 3 is 1.85 bits per heavy atom. The molecule has 0 amide bonds. The van der Waals surface area contributed by atoms with Crippen LogP contribution in [0.4, 0.5) is 0 Å². The van der Waals surface area contributed by atoms with Crippen molar-refractivity contribution >= 4 is 172 Å².